The summed E-state index contributed by atoms with van der Waals surface area (Å²) >= 11 is 11.5. The molecule has 0 aliphatic carbocycles. The minimum absolute atomic E-state index is 0.0215. The van der Waals surface area contributed by atoms with Crippen LogP contribution in [0.5, 0.6) is 0 Å². The lowest BCUT2D eigenvalue weighted by atomic mass is 10.0. The number of hydrogen-bond acceptors (Lipinski definition) is 3. The van der Waals surface area contributed by atoms with Crippen LogP contribution in [0.15, 0.2) is 23.1 Å². The van der Waals surface area contributed by atoms with Crippen LogP contribution in [-0.4, -0.2) is 14.0 Å². The molecule has 0 radical (unpaired) electrons. The Morgan fingerprint density at radius 2 is 2.00 bits per heavy atom. The molecule has 1 atom stereocenters. The molecule has 18 heavy (non-hydrogen) atoms. The second-order valence-electron chi connectivity index (χ2n) is 3.98. The lowest BCUT2D eigenvalue weighted by Crippen LogP contribution is -2.44. The number of hydrogen-bond donors (Lipinski definition) is 1. The van der Waals surface area contributed by atoms with Crippen LogP contribution in [-0.2, 0) is 10.0 Å². The van der Waals surface area contributed by atoms with Crippen LogP contribution in [0.4, 0.5) is 0 Å². The molecule has 98 valence electrons. The second kappa shape index (κ2) is 5.45. The van der Waals surface area contributed by atoms with Crippen molar-refractivity contribution in [3.8, 4) is 6.07 Å². The lowest BCUT2D eigenvalue weighted by Gasteiger charge is -2.21. The summed E-state index contributed by atoms with van der Waals surface area (Å²) in [6, 6.07) is 5.91. The van der Waals surface area contributed by atoms with E-state index in [1.165, 1.54) is 25.1 Å². The molecule has 0 saturated heterocycles. The van der Waals surface area contributed by atoms with Crippen molar-refractivity contribution in [3.63, 3.8) is 0 Å². The maximum Gasteiger partial charge on any atom is 0.241 e. The fourth-order valence-corrected chi connectivity index (χ4v) is 2.96. The van der Waals surface area contributed by atoms with Crippen molar-refractivity contribution in [3.05, 3.63) is 28.2 Å². The summed E-state index contributed by atoms with van der Waals surface area (Å²) in [5.41, 5.74) is -1.15. The van der Waals surface area contributed by atoms with Crippen LogP contribution in [0.3, 0.4) is 0 Å². The van der Waals surface area contributed by atoms with Crippen molar-refractivity contribution in [2.24, 2.45) is 0 Å². The molecule has 0 bridgehead atoms. The van der Waals surface area contributed by atoms with E-state index in [1.807, 2.05) is 6.07 Å². The zero-order valence-electron chi connectivity index (χ0n) is 9.87. The van der Waals surface area contributed by atoms with Crippen molar-refractivity contribution < 1.29 is 8.42 Å². The Morgan fingerprint density at radius 1 is 1.39 bits per heavy atom. The number of nitrogens with one attached hydrogen (secondary N) is 1. The third-order valence-electron chi connectivity index (χ3n) is 2.51. The van der Waals surface area contributed by atoms with Gasteiger partial charge in [-0.25, -0.2) is 8.42 Å². The smallest absolute Gasteiger partial charge is 0.207 e. The summed E-state index contributed by atoms with van der Waals surface area (Å²) in [7, 11) is -3.80. The molecular formula is C11H12Cl2N2O2S. The van der Waals surface area contributed by atoms with Gasteiger partial charge in [-0.1, -0.05) is 30.1 Å². The Balaban J connectivity index is 3.15. The summed E-state index contributed by atoms with van der Waals surface area (Å²) in [4.78, 5) is -0.0215. The standard InChI is InChI=1S/C11H12Cl2N2O2S/c1-3-11(2,7-14)15-18(16,17)8-4-5-9(12)10(13)6-8/h4-6,15H,3H2,1-2H3. The Morgan fingerprint density at radius 3 is 2.44 bits per heavy atom. The first-order valence-corrected chi connectivity index (χ1v) is 7.38. The summed E-state index contributed by atoms with van der Waals surface area (Å²) in [6.07, 6.45) is 0.351. The van der Waals surface area contributed by atoms with Gasteiger partial charge in [-0.3, -0.25) is 0 Å². The SMILES string of the molecule is CCC(C)(C#N)NS(=O)(=O)c1ccc(Cl)c(Cl)c1. The zero-order chi connectivity index (χ0) is 14.0. The highest BCUT2D eigenvalue weighted by atomic mass is 35.5. The number of nitriles is 1. The van der Waals surface area contributed by atoms with Crippen molar-refractivity contribution in [1.29, 1.82) is 5.26 Å². The number of halogens is 2. The predicted molar refractivity (Wildman–Crippen MR) is 71.1 cm³/mol. The average Bonchev–Trinajstić information content (AvgIpc) is 2.32. The molecule has 1 aromatic rings. The minimum Gasteiger partial charge on any atom is -0.207 e. The molecular weight excluding hydrogens is 295 g/mol. The number of benzene rings is 1. The van der Waals surface area contributed by atoms with Crippen LogP contribution in [0.2, 0.25) is 10.0 Å². The van der Waals surface area contributed by atoms with E-state index in [1.54, 1.807) is 6.92 Å². The van der Waals surface area contributed by atoms with Gasteiger partial charge >= 0.3 is 0 Å². The summed E-state index contributed by atoms with van der Waals surface area (Å²) < 4.78 is 26.5. The first-order chi connectivity index (χ1) is 8.24. The van der Waals surface area contributed by atoms with E-state index in [2.05, 4.69) is 4.72 Å². The molecule has 0 aliphatic rings. The molecule has 7 heteroatoms. The molecule has 1 aromatic carbocycles. The predicted octanol–water partition coefficient (Wildman–Crippen LogP) is 2.96. The largest absolute Gasteiger partial charge is 0.241 e. The van der Waals surface area contributed by atoms with Crippen molar-refractivity contribution in [1.82, 2.24) is 4.72 Å². The highest BCUT2D eigenvalue weighted by Gasteiger charge is 2.29. The lowest BCUT2D eigenvalue weighted by molar-refractivity contribution is 0.495. The Kier molecular flexibility index (Phi) is 4.62. The van der Waals surface area contributed by atoms with Crippen LogP contribution in [0, 0.1) is 11.3 Å². The van der Waals surface area contributed by atoms with Crippen LogP contribution < -0.4 is 4.72 Å². The van der Waals surface area contributed by atoms with Gasteiger partial charge in [-0.15, -0.1) is 0 Å². The van der Waals surface area contributed by atoms with E-state index in [-0.39, 0.29) is 14.9 Å². The molecule has 0 saturated carbocycles. The Hall–Kier alpha value is -0.800. The highest BCUT2D eigenvalue weighted by Crippen LogP contribution is 2.25. The van der Waals surface area contributed by atoms with Gasteiger partial charge in [-0.05, 0) is 31.5 Å². The Bertz CT molecular complexity index is 596. The van der Waals surface area contributed by atoms with Gasteiger partial charge in [-0.2, -0.15) is 9.98 Å². The fourth-order valence-electron chi connectivity index (χ4n) is 1.17. The molecule has 0 aliphatic heterocycles. The van der Waals surface area contributed by atoms with Gasteiger partial charge in [0.2, 0.25) is 10.0 Å². The van der Waals surface area contributed by atoms with E-state index in [0.717, 1.165) is 0 Å². The van der Waals surface area contributed by atoms with E-state index < -0.39 is 15.6 Å². The second-order valence-corrected chi connectivity index (χ2v) is 6.48. The van der Waals surface area contributed by atoms with Gasteiger partial charge in [0.05, 0.1) is 21.0 Å². The molecule has 0 spiro atoms. The average molecular weight is 307 g/mol. The summed E-state index contributed by atoms with van der Waals surface area (Å²) in [5.74, 6) is 0. The molecule has 0 fully saturated rings. The molecule has 0 amide bonds. The Labute approximate surface area is 117 Å². The van der Waals surface area contributed by atoms with Gasteiger partial charge < -0.3 is 0 Å². The van der Waals surface area contributed by atoms with Gasteiger partial charge in [0.25, 0.3) is 0 Å². The van der Waals surface area contributed by atoms with Gasteiger partial charge in [0, 0.05) is 0 Å². The monoisotopic (exact) mass is 306 g/mol. The van der Waals surface area contributed by atoms with E-state index in [0.29, 0.717) is 6.42 Å². The maximum absolute atomic E-state index is 12.1. The fraction of sp³-hybridized carbons (Fsp3) is 0.364. The maximum atomic E-state index is 12.1. The molecule has 1 unspecified atom stereocenters. The van der Waals surface area contributed by atoms with Crippen LogP contribution in [0.25, 0.3) is 0 Å². The normalized spacial score (nSPS) is 14.8. The third kappa shape index (κ3) is 3.36. The quantitative estimate of drug-likeness (QED) is 0.929. The zero-order valence-corrected chi connectivity index (χ0v) is 12.2. The number of sulfonamides is 1. The molecule has 4 nitrogen and oxygen atoms in total. The summed E-state index contributed by atoms with van der Waals surface area (Å²) in [5, 5.41) is 9.39. The first-order valence-electron chi connectivity index (χ1n) is 5.14. The van der Waals surface area contributed by atoms with E-state index in [4.69, 9.17) is 28.5 Å². The van der Waals surface area contributed by atoms with Crippen molar-refractivity contribution >= 4 is 33.2 Å². The summed E-state index contributed by atoms with van der Waals surface area (Å²) in [6.45, 7) is 3.24. The topological polar surface area (TPSA) is 70.0 Å². The van der Waals surface area contributed by atoms with E-state index in [9.17, 15) is 8.42 Å². The third-order valence-corrected chi connectivity index (χ3v) is 4.85. The molecule has 0 heterocycles. The first kappa shape index (κ1) is 15.3. The number of rotatable bonds is 4. The van der Waals surface area contributed by atoms with Gasteiger partial charge in [0.15, 0.2) is 0 Å². The van der Waals surface area contributed by atoms with Crippen LogP contribution >= 0.6 is 23.2 Å². The number of nitrogens with zero attached hydrogens (tertiary/aromatic N) is 1. The highest BCUT2D eigenvalue weighted by molar-refractivity contribution is 7.89. The van der Waals surface area contributed by atoms with E-state index >= 15 is 0 Å². The van der Waals surface area contributed by atoms with Crippen LogP contribution in [0.1, 0.15) is 20.3 Å². The molecule has 0 aromatic heterocycles. The van der Waals surface area contributed by atoms with Crippen molar-refractivity contribution in [2.75, 3.05) is 0 Å². The molecule has 1 N–H and O–H groups in total. The minimum atomic E-state index is -3.80. The molecule has 1 rings (SSSR count). The van der Waals surface area contributed by atoms with Crippen molar-refractivity contribution in [2.45, 2.75) is 30.7 Å². The van der Waals surface area contributed by atoms with Gasteiger partial charge in [0.1, 0.15) is 5.54 Å².